The highest BCUT2D eigenvalue weighted by Gasteiger charge is 2.18. The van der Waals surface area contributed by atoms with Gasteiger partial charge in [0.25, 0.3) is 5.91 Å². The lowest BCUT2D eigenvalue weighted by Gasteiger charge is -2.12. The van der Waals surface area contributed by atoms with Gasteiger partial charge in [0.15, 0.2) is 10.4 Å². The number of benzene rings is 1. The first kappa shape index (κ1) is 19.2. The number of anilines is 1. The molecule has 134 valence electrons. The summed E-state index contributed by atoms with van der Waals surface area (Å²) in [4.78, 5) is 23.8. The van der Waals surface area contributed by atoms with Crippen molar-refractivity contribution in [3.8, 4) is 0 Å². The molecule has 0 radical (unpaired) electrons. The fourth-order valence-electron chi connectivity index (χ4n) is 1.83. The molecule has 0 saturated carbocycles. The van der Waals surface area contributed by atoms with Crippen molar-refractivity contribution in [1.82, 2.24) is 9.62 Å². The molecule has 1 aromatic heterocycles. The first-order valence-electron chi connectivity index (χ1n) is 7.06. The van der Waals surface area contributed by atoms with Crippen molar-refractivity contribution in [3.05, 3.63) is 46.8 Å². The van der Waals surface area contributed by atoms with Crippen LogP contribution in [0.4, 0.5) is 5.69 Å². The average molecular weight is 430 g/mol. The Morgan fingerprint density at radius 3 is 2.52 bits per heavy atom. The molecule has 1 aromatic carbocycles. The van der Waals surface area contributed by atoms with Crippen molar-refractivity contribution < 1.29 is 22.4 Å². The third-order valence-electron chi connectivity index (χ3n) is 3.10. The average Bonchev–Trinajstić information content (AvgIpc) is 2.99. The van der Waals surface area contributed by atoms with Crippen LogP contribution in [-0.4, -0.2) is 45.2 Å². The van der Waals surface area contributed by atoms with Gasteiger partial charge in [0.05, 0.1) is 11.4 Å². The van der Waals surface area contributed by atoms with Gasteiger partial charge >= 0.3 is 0 Å². The van der Waals surface area contributed by atoms with Gasteiger partial charge in [-0.05, 0) is 46.3 Å². The Bertz CT molecular complexity index is 892. The van der Waals surface area contributed by atoms with E-state index in [2.05, 4.69) is 26.6 Å². The van der Waals surface area contributed by atoms with Crippen LogP contribution in [0.5, 0.6) is 0 Å². The molecule has 2 N–H and O–H groups in total. The number of rotatable bonds is 6. The molecule has 0 bridgehead atoms. The van der Waals surface area contributed by atoms with Gasteiger partial charge in [-0.25, -0.2) is 12.7 Å². The molecular formula is C15H16BrN3O5S. The Kier molecular flexibility index (Phi) is 5.98. The summed E-state index contributed by atoms with van der Waals surface area (Å²) in [5.74, 6) is -0.970. The molecule has 10 heteroatoms. The zero-order valence-electron chi connectivity index (χ0n) is 13.4. The number of amides is 2. The molecule has 0 unspecified atom stereocenters. The molecule has 0 aliphatic heterocycles. The summed E-state index contributed by atoms with van der Waals surface area (Å²) in [5, 5.41) is 4.93. The topological polar surface area (TPSA) is 109 Å². The van der Waals surface area contributed by atoms with Crippen molar-refractivity contribution in [3.63, 3.8) is 0 Å². The third kappa shape index (κ3) is 4.91. The van der Waals surface area contributed by atoms with Gasteiger partial charge in [0, 0.05) is 19.8 Å². The van der Waals surface area contributed by atoms with Crippen molar-refractivity contribution in [2.45, 2.75) is 4.90 Å². The number of hydrogen-bond acceptors (Lipinski definition) is 5. The monoisotopic (exact) mass is 429 g/mol. The van der Waals surface area contributed by atoms with E-state index in [0.29, 0.717) is 10.4 Å². The molecule has 0 fully saturated rings. The minimum absolute atomic E-state index is 0.0553. The molecule has 2 amide bonds. The zero-order valence-corrected chi connectivity index (χ0v) is 15.8. The SMILES string of the molecule is CN(C)S(=O)(=O)c1cccc(NC(=O)CNC(=O)c2ccc(Br)o2)c1. The van der Waals surface area contributed by atoms with E-state index in [-0.39, 0.29) is 17.2 Å². The number of nitrogens with zero attached hydrogens (tertiary/aromatic N) is 1. The highest BCUT2D eigenvalue weighted by Crippen LogP contribution is 2.18. The van der Waals surface area contributed by atoms with E-state index in [1.54, 1.807) is 12.1 Å². The predicted octanol–water partition coefficient (Wildman–Crippen LogP) is 1.66. The van der Waals surface area contributed by atoms with Gasteiger partial charge in [-0.15, -0.1) is 0 Å². The van der Waals surface area contributed by atoms with Gasteiger partial charge in [-0.3, -0.25) is 9.59 Å². The maximum atomic E-state index is 12.1. The van der Waals surface area contributed by atoms with E-state index >= 15 is 0 Å². The summed E-state index contributed by atoms with van der Waals surface area (Å²) in [6, 6.07) is 8.88. The lowest BCUT2D eigenvalue weighted by Crippen LogP contribution is -2.32. The summed E-state index contributed by atoms with van der Waals surface area (Å²) >= 11 is 3.08. The fraction of sp³-hybridized carbons (Fsp3) is 0.200. The van der Waals surface area contributed by atoms with E-state index in [4.69, 9.17) is 4.42 Å². The minimum atomic E-state index is -3.60. The predicted molar refractivity (Wildman–Crippen MR) is 94.7 cm³/mol. The second-order valence-electron chi connectivity index (χ2n) is 5.15. The summed E-state index contributed by atoms with van der Waals surface area (Å²) in [5.41, 5.74) is 0.308. The number of nitrogens with one attached hydrogen (secondary N) is 2. The fourth-order valence-corrected chi connectivity index (χ4v) is 3.09. The van der Waals surface area contributed by atoms with E-state index in [0.717, 1.165) is 4.31 Å². The molecule has 25 heavy (non-hydrogen) atoms. The van der Waals surface area contributed by atoms with E-state index in [1.807, 2.05) is 0 Å². The second kappa shape index (κ2) is 7.81. The second-order valence-corrected chi connectivity index (χ2v) is 8.08. The number of carbonyl (C=O) groups excluding carboxylic acids is 2. The number of carbonyl (C=O) groups is 2. The first-order valence-corrected chi connectivity index (χ1v) is 9.29. The number of sulfonamides is 1. The van der Waals surface area contributed by atoms with Gasteiger partial charge in [0.1, 0.15) is 0 Å². The number of halogens is 1. The summed E-state index contributed by atoms with van der Waals surface area (Å²) < 4.78 is 30.7. The van der Waals surface area contributed by atoms with E-state index in [1.165, 1.54) is 38.4 Å². The maximum absolute atomic E-state index is 12.1. The smallest absolute Gasteiger partial charge is 0.287 e. The van der Waals surface area contributed by atoms with Crippen LogP contribution in [0, 0.1) is 0 Å². The van der Waals surface area contributed by atoms with E-state index < -0.39 is 21.8 Å². The van der Waals surface area contributed by atoms with Crippen molar-refractivity contribution >= 4 is 43.5 Å². The lowest BCUT2D eigenvalue weighted by atomic mass is 10.3. The van der Waals surface area contributed by atoms with E-state index in [9.17, 15) is 18.0 Å². The summed E-state index contributed by atoms with van der Waals surface area (Å²) in [7, 11) is -0.760. The van der Waals surface area contributed by atoms with Crippen LogP contribution in [0.2, 0.25) is 0 Å². The molecule has 2 rings (SSSR count). The molecular weight excluding hydrogens is 414 g/mol. The molecule has 0 spiro atoms. The van der Waals surface area contributed by atoms with Crippen molar-refractivity contribution in [2.75, 3.05) is 26.0 Å². The third-order valence-corrected chi connectivity index (χ3v) is 5.34. The van der Waals surface area contributed by atoms with Crippen molar-refractivity contribution in [1.29, 1.82) is 0 Å². The lowest BCUT2D eigenvalue weighted by molar-refractivity contribution is -0.115. The summed E-state index contributed by atoms with van der Waals surface area (Å²) in [6.45, 7) is -0.290. The van der Waals surface area contributed by atoms with Crippen LogP contribution in [0.15, 0.2) is 50.4 Å². The first-order chi connectivity index (χ1) is 11.7. The minimum Gasteiger partial charge on any atom is -0.444 e. The van der Waals surface area contributed by atoms with Crippen molar-refractivity contribution in [2.24, 2.45) is 0 Å². The van der Waals surface area contributed by atoms with Crippen LogP contribution in [-0.2, 0) is 14.8 Å². The van der Waals surface area contributed by atoms with Crippen LogP contribution in [0.25, 0.3) is 0 Å². The molecule has 0 aliphatic carbocycles. The van der Waals surface area contributed by atoms with Crippen LogP contribution < -0.4 is 10.6 Å². The van der Waals surface area contributed by atoms with Crippen LogP contribution >= 0.6 is 15.9 Å². The van der Waals surface area contributed by atoms with Gasteiger partial charge < -0.3 is 15.1 Å². The molecule has 0 saturated heterocycles. The Hall–Kier alpha value is -2.17. The Balaban J connectivity index is 1.98. The molecule has 8 nitrogen and oxygen atoms in total. The highest BCUT2D eigenvalue weighted by atomic mass is 79.9. The normalized spacial score (nSPS) is 11.4. The quantitative estimate of drug-likeness (QED) is 0.725. The molecule has 0 atom stereocenters. The standard InChI is InChI=1S/C15H16BrN3O5S/c1-19(2)25(22,23)11-5-3-4-10(8-11)18-14(20)9-17-15(21)12-6-7-13(16)24-12/h3-8H,9H2,1-2H3,(H,17,21)(H,18,20). The van der Waals surface area contributed by atoms with Gasteiger partial charge in [-0.1, -0.05) is 6.07 Å². The maximum Gasteiger partial charge on any atom is 0.287 e. The molecule has 2 aromatic rings. The number of hydrogen-bond donors (Lipinski definition) is 2. The Labute approximate surface area is 153 Å². The van der Waals surface area contributed by atoms with Crippen LogP contribution in [0.3, 0.4) is 0 Å². The van der Waals surface area contributed by atoms with Gasteiger partial charge in [-0.2, -0.15) is 0 Å². The number of furan rings is 1. The summed E-state index contributed by atoms with van der Waals surface area (Å²) in [6.07, 6.45) is 0. The Morgan fingerprint density at radius 1 is 1.20 bits per heavy atom. The molecule has 0 aliphatic rings. The zero-order chi connectivity index (χ0) is 18.6. The largest absolute Gasteiger partial charge is 0.444 e. The molecule has 1 heterocycles. The Morgan fingerprint density at radius 2 is 1.92 bits per heavy atom. The van der Waals surface area contributed by atoms with Crippen LogP contribution in [0.1, 0.15) is 10.6 Å². The van der Waals surface area contributed by atoms with Gasteiger partial charge in [0.2, 0.25) is 15.9 Å². The highest BCUT2D eigenvalue weighted by molar-refractivity contribution is 9.10.